The van der Waals surface area contributed by atoms with Gasteiger partial charge in [0.15, 0.2) is 0 Å². The molecule has 0 unspecified atom stereocenters. The van der Waals surface area contributed by atoms with Crippen LogP contribution >= 0.6 is 0 Å². The number of amides is 2. The van der Waals surface area contributed by atoms with Crippen LogP contribution < -0.4 is 5.32 Å². The molecule has 0 heterocycles. The van der Waals surface area contributed by atoms with E-state index in [0.717, 1.165) is 5.56 Å². The van der Waals surface area contributed by atoms with E-state index in [-0.39, 0.29) is 18.4 Å². The molecule has 2 aromatic carbocycles. The first-order valence-corrected chi connectivity index (χ1v) is 7.98. The van der Waals surface area contributed by atoms with Gasteiger partial charge in [0, 0.05) is 30.8 Å². The molecule has 0 aliphatic heterocycles. The number of hydrogen-bond donors (Lipinski definition) is 2. The van der Waals surface area contributed by atoms with E-state index < -0.39 is 0 Å². The molecule has 0 fully saturated rings. The monoisotopic (exact) mass is 326 g/mol. The van der Waals surface area contributed by atoms with Gasteiger partial charge in [-0.05, 0) is 36.8 Å². The molecule has 2 rings (SSSR count). The summed E-state index contributed by atoms with van der Waals surface area (Å²) in [6.45, 7) is 3.10. The zero-order valence-electron chi connectivity index (χ0n) is 13.7. The lowest BCUT2D eigenvalue weighted by atomic mass is 10.1. The topological polar surface area (TPSA) is 69.6 Å². The number of nitrogens with one attached hydrogen (secondary N) is 1. The number of carbonyl (C=O) groups excluding carboxylic acids is 2. The molecule has 0 spiro atoms. The van der Waals surface area contributed by atoms with Gasteiger partial charge >= 0.3 is 0 Å². The molecule has 0 radical (unpaired) electrons. The summed E-state index contributed by atoms with van der Waals surface area (Å²) in [5, 5.41) is 11.8. The molecule has 0 atom stereocenters. The van der Waals surface area contributed by atoms with Crippen molar-refractivity contribution in [1.82, 2.24) is 10.2 Å². The largest absolute Gasteiger partial charge is 0.395 e. The van der Waals surface area contributed by atoms with Gasteiger partial charge in [0.1, 0.15) is 0 Å². The fraction of sp³-hybridized carbons (Fsp3) is 0.263. The van der Waals surface area contributed by atoms with Gasteiger partial charge in [-0.15, -0.1) is 0 Å². The second kappa shape index (κ2) is 8.84. The van der Waals surface area contributed by atoms with Crippen LogP contribution in [0.15, 0.2) is 54.6 Å². The lowest BCUT2D eigenvalue weighted by Crippen LogP contribution is -2.33. The quantitative estimate of drug-likeness (QED) is 0.818. The molecule has 2 amide bonds. The third-order valence-electron chi connectivity index (χ3n) is 3.73. The molecular weight excluding hydrogens is 304 g/mol. The van der Waals surface area contributed by atoms with E-state index in [0.29, 0.717) is 30.8 Å². The molecule has 0 saturated heterocycles. The highest BCUT2D eigenvalue weighted by Gasteiger charge is 2.13. The summed E-state index contributed by atoms with van der Waals surface area (Å²) in [6, 6.07) is 16.2. The van der Waals surface area contributed by atoms with Gasteiger partial charge in [-0.2, -0.15) is 0 Å². The molecule has 0 saturated carbocycles. The van der Waals surface area contributed by atoms with Crippen molar-refractivity contribution in [3.05, 3.63) is 71.3 Å². The summed E-state index contributed by atoms with van der Waals surface area (Å²) >= 11 is 0. The SMILES string of the molecule is CCN(CCO)C(=O)c1ccc(CNC(=O)c2ccccc2)cc1. The number of aliphatic hydroxyl groups is 1. The van der Waals surface area contributed by atoms with Crippen LogP contribution in [0.2, 0.25) is 0 Å². The van der Waals surface area contributed by atoms with Crippen molar-refractivity contribution in [2.45, 2.75) is 13.5 Å². The summed E-state index contributed by atoms with van der Waals surface area (Å²) in [6.07, 6.45) is 0. The van der Waals surface area contributed by atoms with E-state index in [1.54, 1.807) is 29.2 Å². The Balaban J connectivity index is 1.94. The summed E-state index contributed by atoms with van der Waals surface area (Å²) in [7, 11) is 0. The van der Waals surface area contributed by atoms with Crippen LogP contribution in [0.25, 0.3) is 0 Å². The van der Waals surface area contributed by atoms with Crippen LogP contribution in [0.3, 0.4) is 0 Å². The van der Waals surface area contributed by atoms with Crippen molar-refractivity contribution in [3.63, 3.8) is 0 Å². The zero-order chi connectivity index (χ0) is 17.4. The fourth-order valence-electron chi connectivity index (χ4n) is 2.35. The number of carbonyl (C=O) groups is 2. The van der Waals surface area contributed by atoms with Crippen LogP contribution in [-0.4, -0.2) is 41.5 Å². The van der Waals surface area contributed by atoms with Crippen molar-refractivity contribution in [1.29, 1.82) is 0 Å². The Kier molecular flexibility index (Phi) is 6.51. The second-order valence-electron chi connectivity index (χ2n) is 5.35. The minimum Gasteiger partial charge on any atom is -0.395 e. The van der Waals surface area contributed by atoms with Gasteiger partial charge in [0.2, 0.25) is 0 Å². The maximum atomic E-state index is 12.3. The van der Waals surface area contributed by atoms with Crippen molar-refractivity contribution >= 4 is 11.8 Å². The standard InChI is InChI=1S/C19H22N2O3/c1-2-21(12-13-22)19(24)17-10-8-15(9-11-17)14-20-18(23)16-6-4-3-5-7-16/h3-11,22H,2,12-14H2,1H3,(H,20,23). The molecule has 0 aliphatic carbocycles. The van der Waals surface area contributed by atoms with Gasteiger partial charge in [-0.1, -0.05) is 30.3 Å². The first kappa shape index (κ1) is 17.7. The summed E-state index contributed by atoms with van der Waals surface area (Å²) in [4.78, 5) is 25.9. The number of rotatable bonds is 7. The molecular formula is C19H22N2O3. The molecule has 126 valence electrons. The van der Waals surface area contributed by atoms with E-state index in [1.807, 2.05) is 37.3 Å². The third-order valence-corrected chi connectivity index (χ3v) is 3.73. The average Bonchev–Trinajstić information content (AvgIpc) is 2.64. The normalized spacial score (nSPS) is 10.2. The van der Waals surface area contributed by atoms with Gasteiger partial charge in [0.25, 0.3) is 11.8 Å². The number of hydrogen-bond acceptors (Lipinski definition) is 3. The minimum absolute atomic E-state index is 0.0524. The van der Waals surface area contributed by atoms with E-state index in [4.69, 9.17) is 5.11 Å². The van der Waals surface area contributed by atoms with E-state index in [9.17, 15) is 9.59 Å². The minimum atomic E-state index is -0.129. The number of aliphatic hydroxyl groups excluding tert-OH is 1. The van der Waals surface area contributed by atoms with Crippen LogP contribution in [0.4, 0.5) is 0 Å². The van der Waals surface area contributed by atoms with Crippen molar-refractivity contribution < 1.29 is 14.7 Å². The van der Waals surface area contributed by atoms with Crippen LogP contribution in [0.5, 0.6) is 0 Å². The van der Waals surface area contributed by atoms with Crippen LogP contribution in [0.1, 0.15) is 33.2 Å². The first-order valence-electron chi connectivity index (χ1n) is 7.98. The predicted octanol–water partition coefficient (Wildman–Crippen LogP) is 2.07. The highest BCUT2D eigenvalue weighted by Crippen LogP contribution is 2.08. The van der Waals surface area contributed by atoms with Crippen LogP contribution in [0, 0.1) is 0 Å². The van der Waals surface area contributed by atoms with Crippen molar-refractivity contribution in [2.24, 2.45) is 0 Å². The Bertz CT molecular complexity index is 669. The molecule has 0 aliphatic rings. The predicted molar refractivity (Wildman–Crippen MR) is 92.7 cm³/mol. The molecule has 5 heteroatoms. The number of benzene rings is 2. The van der Waals surface area contributed by atoms with Crippen molar-refractivity contribution in [2.75, 3.05) is 19.7 Å². The molecule has 24 heavy (non-hydrogen) atoms. The Labute approximate surface area is 141 Å². The molecule has 2 N–H and O–H groups in total. The Morgan fingerprint density at radius 3 is 2.25 bits per heavy atom. The highest BCUT2D eigenvalue weighted by molar-refractivity contribution is 5.95. The molecule has 0 bridgehead atoms. The Morgan fingerprint density at radius 1 is 1.00 bits per heavy atom. The van der Waals surface area contributed by atoms with Gasteiger partial charge in [-0.25, -0.2) is 0 Å². The first-order chi connectivity index (χ1) is 11.7. The van der Waals surface area contributed by atoms with E-state index in [2.05, 4.69) is 5.32 Å². The van der Waals surface area contributed by atoms with Gasteiger partial charge in [0.05, 0.1) is 6.61 Å². The fourth-order valence-corrected chi connectivity index (χ4v) is 2.35. The summed E-state index contributed by atoms with van der Waals surface area (Å²) in [5.74, 6) is -0.234. The summed E-state index contributed by atoms with van der Waals surface area (Å²) in [5.41, 5.74) is 2.11. The lowest BCUT2D eigenvalue weighted by Gasteiger charge is -2.19. The van der Waals surface area contributed by atoms with E-state index in [1.165, 1.54) is 0 Å². The van der Waals surface area contributed by atoms with Gasteiger partial charge < -0.3 is 15.3 Å². The molecule has 5 nitrogen and oxygen atoms in total. The molecule has 2 aromatic rings. The molecule has 0 aromatic heterocycles. The Morgan fingerprint density at radius 2 is 1.67 bits per heavy atom. The average molecular weight is 326 g/mol. The third kappa shape index (κ3) is 4.67. The number of likely N-dealkylation sites (N-methyl/N-ethyl adjacent to an activating group) is 1. The van der Waals surface area contributed by atoms with Crippen LogP contribution in [-0.2, 0) is 6.54 Å². The Hall–Kier alpha value is -2.66. The zero-order valence-corrected chi connectivity index (χ0v) is 13.7. The maximum Gasteiger partial charge on any atom is 0.253 e. The van der Waals surface area contributed by atoms with E-state index >= 15 is 0 Å². The highest BCUT2D eigenvalue weighted by atomic mass is 16.3. The maximum absolute atomic E-state index is 12.3. The van der Waals surface area contributed by atoms with Crippen molar-refractivity contribution in [3.8, 4) is 0 Å². The summed E-state index contributed by atoms with van der Waals surface area (Å²) < 4.78 is 0. The lowest BCUT2D eigenvalue weighted by molar-refractivity contribution is 0.0731. The smallest absolute Gasteiger partial charge is 0.253 e. The number of nitrogens with zero attached hydrogens (tertiary/aromatic N) is 1. The second-order valence-corrected chi connectivity index (χ2v) is 5.35. The van der Waals surface area contributed by atoms with Gasteiger partial charge in [-0.3, -0.25) is 9.59 Å².